The van der Waals surface area contributed by atoms with Crippen LogP contribution in [-0.2, 0) is 6.54 Å². The Labute approximate surface area is 199 Å². The van der Waals surface area contributed by atoms with E-state index in [9.17, 15) is 4.79 Å². The molecule has 5 aromatic rings. The number of benzene rings is 3. The van der Waals surface area contributed by atoms with Crippen LogP contribution in [0.15, 0.2) is 82.5 Å². The molecule has 11 heteroatoms. The zero-order valence-corrected chi connectivity index (χ0v) is 18.7. The summed E-state index contributed by atoms with van der Waals surface area (Å²) in [5, 5.41) is 21.8. The molecule has 0 radical (unpaired) electrons. The van der Waals surface area contributed by atoms with Gasteiger partial charge in [0, 0.05) is 18.3 Å². The van der Waals surface area contributed by atoms with Gasteiger partial charge < -0.3 is 10.6 Å². The van der Waals surface area contributed by atoms with Gasteiger partial charge in [-0.2, -0.15) is 9.78 Å². The first-order valence-electron chi connectivity index (χ1n) is 10.7. The van der Waals surface area contributed by atoms with Crippen LogP contribution in [0.4, 0.5) is 11.5 Å². The van der Waals surface area contributed by atoms with Gasteiger partial charge in [-0.3, -0.25) is 4.79 Å². The van der Waals surface area contributed by atoms with Crippen LogP contribution in [0, 0.1) is 0 Å². The highest BCUT2D eigenvalue weighted by molar-refractivity contribution is 6.00. The molecule has 0 spiro atoms. The molecule has 35 heavy (non-hydrogen) atoms. The van der Waals surface area contributed by atoms with E-state index in [0.717, 1.165) is 22.0 Å². The SMILES string of the molecule is CN(Cc1c(C(=O)N/N=C/c2cccc3ccccc23)nnn1-c1nonc1N)c1ccccc1. The third-order valence-corrected chi connectivity index (χ3v) is 5.45. The summed E-state index contributed by atoms with van der Waals surface area (Å²) in [4.78, 5) is 15.0. The monoisotopic (exact) mass is 467 g/mol. The van der Waals surface area contributed by atoms with E-state index in [-0.39, 0.29) is 23.9 Å². The Balaban J connectivity index is 1.43. The Morgan fingerprint density at radius 2 is 1.86 bits per heavy atom. The number of aromatic nitrogens is 5. The fourth-order valence-electron chi connectivity index (χ4n) is 3.70. The number of rotatable bonds is 7. The summed E-state index contributed by atoms with van der Waals surface area (Å²) in [5.74, 6) is -0.356. The molecule has 0 saturated carbocycles. The molecule has 2 heterocycles. The average molecular weight is 467 g/mol. The van der Waals surface area contributed by atoms with Gasteiger partial charge in [0.2, 0.25) is 11.6 Å². The molecule has 3 N–H and O–H groups in total. The van der Waals surface area contributed by atoms with Crippen LogP contribution in [0.1, 0.15) is 21.7 Å². The standard InChI is InChI=1S/C24H21N9O2/c1-32(18-11-3-2-4-12-18)15-20-21(27-31-33(20)23-22(25)29-35-30-23)24(34)28-26-14-17-10-7-9-16-8-5-6-13-19(16)17/h2-14H,15H2,1H3,(H2,25,29)(H,28,34)/b26-14+. The number of carbonyl (C=O) groups is 1. The Morgan fingerprint density at radius 3 is 2.66 bits per heavy atom. The molecule has 0 bridgehead atoms. The van der Waals surface area contributed by atoms with Gasteiger partial charge in [0.15, 0.2) is 5.69 Å². The van der Waals surface area contributed by atoms with E-state index in [0.29, 0.717) is 5.69 Å². The summed E-state index contributed by atoms with van der Waals surface area (Å²) < 4.78 is 6.05. The quantitative estimate of drug-likeness (QED) is 0.275. The first-order chi connectivity index (χ1) is 17.1. The van der Waals surface area contributed by atoms with Crippen LogP contribution < -0.4 is 16.1 Å². The van der Waals surface area contributed by atoms with Crippen LogP contribution >= 0.6 is 0 Å². The minimum atomic E-state index is -0.528. The van der Waals surface area contributed by atoms with Gasteiger partial charge in [-0.1, -0.05) is 65.9 Å². The number of hydrogen-bond donors (Lipinski definition) is 2. The lowest BCUT2D eigenvalue weighted by Gasteiger charge is -2.19. The van der Waals surface area contributed by atoms with E-state index < -0.39 is 5.91 Å². The molecule has 0 unspecified atom stereocenters. The molecule has 0 fully saturated rings. The predicted molar refractivity (Wildman–Crippen MR) is 131 cm³/mol. The van der Waals surface area contributed by atoms with Crippen molar-refractivity contribution in [3.05, 3.63) is 89.7 Å². The third kappa shape index (κ3) is 4.42. The van der Waals surface area contributed by atoms with Crippen molar-refractivity contribution in [3.63, 3.8) is 0 Å². The summed E-state index contributed by atoms with van der Waals surface area (Å²) in [6, 6.07) is 23.5. The van der Waals surface area contributed by atoms with E-state index in [1.54, 1.807) is 6.21 Å². The lowest BCUT2D eigenvalue weighted by atomic mass is 10.1. The lowest BCUT2D eigenvalue weighted by molar-refractivity contribution is 0.0949. The molecular weight excluding hydrogens is 446 g/mol. The topological polar surface area (TPSA) is 140 Å². The minimum absolute atomic E-state index is 0.0273. The predicted octanol–water partition coefficient (Wildman–Crippen LogP) is 2.79. The van der Waals surface area contributed by atoms with E-state index in [1.807, 2.05) is 84.7 Å². The van der Waals surface area contributed by atoms with Gasteiger partial charge in [-0.25, -0.2) is 10.1 Å². The molecule has 3 aromatic carbocycles. The fraction of sp³-hybridized carbons (Fsp3) is 0.0833. The number of fused-ring (bicyclic) bond motifs is 1. The summed E-state index contributed by atoms with van der Waals surface area (Å²) >= 11 is 0. The molecule has 1 amide bonds. The molecule has 0 aliphatic carbocycles. The number of nitrogen functional groups attached to an aromatic ring is 1. The Hall–Kier alpha value is -5.06. The average Bonchev–Trinajstić information content (AvgIpc) is 3.50. The molecule has 0 saturated heterocycles. The molecule has 0 aliphatic rings. The Morgan fingerprint density at radius 1 is 1.09 bits per heavy atom. The van der Waals surface area contributed by atoms with Crippen molar-refractivity contribution in [2.45, 2.75) is 6.54 Å². The van der Waals surface area contributed by atoms with Crippen LogP contribution in [0.25, 0.3) is 16.6 Å². The highest BCUT2D eigenvalue weighted by atomic mass is 16.6. The number of carbonyl (C=O) groups excluding carboxylic acids is 1. The van der Waals surface area contributed by atoms with Gasteiger partial charge in [0.05, 0.1) is 18.5 Å². The maximum atomic E-state index is 13.1. The molecule has 174 valence electrons. The second-order valence-corrected chi connectivity index (χ2v) is 7.73. The Bertz CT molecular complexity index is 1500. The van der Waals surface area contributed by atoms with Crippen molar-refractivity contribution in [2.24, 2.45) is 5.10 Å². The van der Waals surface area contributed by atoms with Crippen molar-refractivity contribution in [1.82, 2.24) is 30.7 Å². The number of nitrogens with zero attached hydrogens (tertiary/aromatic N) is 7. The van der Waals surface area contributed by atoms with Crippen LogP contribution in [0.3, 0.4) is 0 Å². The summed E-state index contributed by atoms with van der Waals surface area (Å²) in [6.45, 7) is 0.277. The molecule has 5 rings (SSSR count). The fourth-order valence-corrected chi connectivity index (χ4v) is 3.70. The maximum Gasteiger partial charge on any atom is 0.293 e. The van der Waals surface area contributed by atoms with Crippen LogP contribution in [-0.4, -0.2) is 44.5 Å². The number of anilines is 2. The molecule has 0 atom stereocenters. The number of nitrogens with one attached hydrogen (secondary N) is 1. The van der Waals surface area contributed by atoms with Crippen molar-refractivity contribution < 1.29 is 9.42 Å². The van der Waals surface area contributed by atoms with Gasteiger partial charge in [-0.15, -0.1) is 5.10 Å². The highest BCUT2D eigenvalue weighted by Gasteiger charge is 2.25. The zero-order chi connectivity index (χ0) is 24.2. The second-order valence-electron chi connectivity index (χ2n) is 7.73. The first-order valence-corrected chi connectivity index (χ1v) is 10.7. The summed E-state index contributed by atoms with van der Waals surface area (Å²) in [7, 11) is 1.89. The van der Waals surface area contributed by atoms with Crippen molar-refractivity contribution in [1.29, 1.82) is 0 Å². The highest BCUT2D eigenvalue weighted by Crippen LogP contribution is 2.21. The van der Waals surface area contributed by atoms with E-state index >= 15 is 0 Å². The molecular formula is C24H21N9O2. The maximum absolute atomic E-state index is 13.1. The van der Waals surface area contributed by atoms with E-state index in [2.05, 4.69) is 31.2 Å². The van der Waals surface area contributed by atoms with Gasteiger partial charge >= 0.3 is 0 Å². The van der Waals surface area contributed by atoms with Gasteiger partial charge in [0.25, 0.3) is 5.91 Å². The van der Waals surface area contributed by atoms with Crippen LogP contribution in [0.2, 0.25) is 0 Å². The van der Waals surface area contributed by atoms with Gasteiger partial charge in [-0.05, 0) is 33.2 Å². The lowest BCUT2D eigenvalue weighted by Crippen LogP contribution is -2.24. The zero-order valence-electron chi connectivity index (χ0n) is 18.7. The summed E-state index contributed by atoms with van der Waals surface area (Å²) in [6.07, 6.45) is 1.60. The van der Waals surface area contributed by atoms with Crippen LogP contribution in [0.5, 0.6) is 0 Å². The molecule has 11 nitrogen and oxygen atoms in total. The minimum Gasteiger partial charge on any atom is -0.378 e. The first kappa shape index (κ1) is 21.8. The van der Waals surface area contributed by atoms with Crippen molar-refractivity contribution >= 4 is 34.4 Å². The molecule has 2 aromatic heterocycles. The van der Waals surface area contributed by atoms with Gasteiger partial charge in [0.1, 0.15) is 0 Å². The van der Waals surface area contributed by atoms with Crippen molar-refractivity contribution in [3.8, 4) is 5.82 Å². The number of hydrogen-bond acceptors (Lipinski definition) is 9. The summed E-state index contributed by atoms with van der Waals surface area (Å²) in [5.41, 5.74) is 10.7. The van der Waals surface area contributed by atoms with E-state index in [4.69, 9.17) is 10.4 Å². The number of nitrogens with two attached hydrogens (primary N) is 1. The smallest absolute Gasteiger partial charge is 0.293 e. The number of amides is 1. The van der Waals surface area contributed by atoms with Crippen molar-refractivity contribution in [2.75, 3.05) is 17.7 Å². The number of hydrazone groups is 1. The normalized spacial score (nSPS) is 11.2. The largest absolute Gasteiger partial charge is 0.378 e. The number of para-hydroxylation sites is 1. The molecule has 0 aliphatic heterocycles. The second kappa shape index (κ2) is 9.43. The third-order valence-electron chi connectivity index (χ3n) is 5.45. The Kier molecular flexibility index (Phi) is 5.87. The van der Waals surface area contributed by atoms with E-state index in [1.165, 1.54) is 4.68 Å².